The molecule has 1 aromatic heterocycles. The molecule has 1 saturated heterocycles. The fourth-order valence-corrected chi connectivity index (χ4v) is 6.19. The molecule has 3 atom stereocenters. The summed E-state index contributed by atoms with van der Waals surface area (Å²) in [5.74, 6) is -1.43. The third-order valence-corrected chi connectivity index (χ3v) is 9.18. The van der Waals surface area contributed by atoms with Crippen molar-refractivity contribution >= 4 is 46.7 Å². The van der Waals surface area contributed by atoms with Gasteiger partial charge in [0, 0.05) is 37.2 Å². The molecule has 5 rings (SSSR count). The van der Waals surface area contributed by atoms with Gasteiger partial charge in [-0.3, -0.25) is 9.59 Å². The van der Waals surface area contributed by atoms with Gasteiger partial charge >= 0.3 is 12.6 Å². The molecule has 0 radical (unpaired) electrons. The minimum Gasteiger partial charge on any atom is -0.619 e. The number of piperazine rings is 1. The predicted molar refractivity (Wildman–Crippen MR) is 183 cm³/mol. The number of nitrogens with zero attached hydrogens (tertiary/aromatic N) is 2. The number of anilines is 1. The molecule has 16 heteroatoms. The van der Waals surface area contributed by atoms with Gasteiger partial charge in [0.2, 0.25) is 11.8 Å². The van der Waals surface area contributed by atoms with Crippen molar-refractivity contribution in [2.24, 2.45) is 5.92 Å². The Kier molecular flexibility index (Phi) is 12.4. The molecular formula is C35H38Cl2F2N4O8. The lowest BCUT2D eigenvalue weighted by Crippen LogP contribution is -2.56. The molecule has 3 aromatic rings. The van der Waals surface area contributed by atoms with E-state index in [0.717, 1.165) is 25.2 Å². The number of carbonyl (C=O) groups excluding carboxylic acids is 3. The number of halogens is 4. The van der Waals surface area contributed by atoms with Crippen molar-refractivity contribution in [2.75, 3.05) is 32.1 Å². The summed E-state index contributed by atoms with van der Waals surface area (Å²) in [7, 11) is 1.39. The Labute approximate surface area is 303 Å². The lowest BCUT2D eigenvalue weighted by molar-refractivity contribution is -0.605. The van der Waals surface area contributed by atoms with Gasteiger partial charge in [-0.25, -0.2) is 4.79 Å². The summed E-state index contributed by atoms with van der Waals surface area (Å²) in [4.78, 5) is 41.4. The van der Waals surface area contributed by atoms with E-state index in [2.05, 4.69) is 15.4 Å². The Bertz CT molecular complexity index is 1740. The highest BCUT2D eigenvalue weighted by Crippen LogP contribution is 2.38. The van der Waals surface area contributed by atoms with Gasteiger partial charge in [-0.05, 0) is 68.5 Å². The number of pyridine rings is 1. The van der Waals surface area contributed by atoms with Gasteiger partial charge in [0.1, 0.15) is 28.3 Å². The Hall–Kier alpha value is -4.40. The van der Waals surface area contributed by atoms with Gasteiger partial charge in [0.05, 0.1) is 25.0 Å². The average Bonchev–Trinajstić information content (AvgIpc) is 3.90. The molecule has 274 valence electrons. The van der Waals surface area contributed by atoms with Crippen molar-refractivity contribution in [3.8, 4) is 17.2 Å². The minimum atomic E-state index is -3.11. The molecule has 1 unspecified atom stereocenters. The second-order valence-corrected chi connectivity index (χ2v) is 13.4. The molecule has 2 heterocycles. The number of nitrogens with one attached hydrogen (secondary N) is 2. The summed E-state index contributed by atoms with van der Waals surface area (Å²) in [5, 5.41) is 17.9. The van der Waals surface area contributed by atoms with Crippen molar-refractivity contribution in [3.63, 3.8) is 0 Å². The highest BCUT2D eigenvalue weighted by molar-refractivity contribution is 6.35. The molecule has 51 heavy (non-hydrogen) atoms. The molecule has 0 bridgehead atoms. The van der Waals surface area contributed by atoms with E-state index in [1.165, 1.54) is 43.5 Å². The second kappa shape index (κ2) is 16.7. The van der Waals surface area contributed by atoms with E-state index in [1.807, 2.05) is 13.8 Å². The Morgan fingerprint density at radius 1 is 1.06 bits per heavy atom. The fourth-order valence-electron chi connectivity index (χ4n) is 5.59. The first-order valence-corrected chi connectivity index (χ1v) is 17.1. The SMILES string of the molecule is COc1ccc(C(=O)OC(Cc2c(Cl)c[n+]([O-])cc2Cl)c2ccc(OC(F)F)c(OCC3CC3)c2)cc1NC(=O)CC(=O)N1C[C@@H](C)NC[C@@H]1C. The number of hydrogen-bond acceptors (Lipinski definition) is 9. The van der Waals surface area contributed by atoms with Gasteiger partial charge in [-0.1, -0.05) is 29.3 Å². The standard InChI is InChI=1S/C35H38Cl2F2N4O8/c1-19-15-43(20(2)14-40-19)33(45)13-32(44)41-27-10-23(7-8-28(27)48-3)34(46)50-30(12-24-25(36)16-42(47)17-26(24)37)22-6-9-29(51-35(38)39)31(11-22)49-18-21-4-5-21/h6-11,16-17,19-21,30,35,40H,4-5,12-15,18H2,1-3H3,(H,41,44)/t19-,20+,30?/m1/s1. The number of methoxy groups -OCH3 is 1. The van der Waals surface area contributed by atoms with Crippen LogP contribution in [0.3, 0.4) is 0 Å². The van der Waals surface area contributed by atoms with Crippen LogP contribution >= 0.6 is 23.2 Å². The van der Waals surface area contributed by atoms with E-state index in [1.54, 1.807) is 4.90 Å². The van der Waals surface area contributed by atoms with E-state index in [0.29, 0.717) is 29.3 Å². The molecule has 2 amide bonds. The molecule has 1 aliphatic heterocycles. The van der Waals surface area contributed by atoms with Crippen LogP contribution in [0.2, 0.25) is 10.0 Å². The smallest absolute Gasteiger partial charge is 0.387 e. The molecule has 2 aliphatic rings. The molecule has 0 spiro atoms. The van der Waals surface area contributed by atoms with Gasteiger partial charge < -0.3 is 39.7 Å². The summed E-state index contributed by atoms with van der Waals surface area (Å²) < 4.78 is 48.7. The topological polar surface area (TPSA) is 142 Å². The zero-order chi connectivity index (χ0) is 36.8. The number of aromatic nitrogens is 1. The van der Waals surface area contributed by atoms with Crippen LogP contribution in [-0.4, -0.2) is 68.2 Å². The number of benzene rings is 2. The third-order valence-electron chi connectivity index (χ3n) is 8.53. The second-order valence-electron chi connectivity index (χ2n) is 12.6. The number of amides is 2. The molecule has 12 nitrogen and oxygen atoms in total. The van der Waals surface area contributed by atoms with Crippen LogP contribution < -0.4 is 29.6 Å². The Balaban J connectivity index is 1.40. The number of hydrogen-bond donors (Lipinski definition) is 2. The van der Waals surface area contributed by atoms with Gasteiger partial charge in [0.25, 0.3) is 0 Å². The summed E-state index contributed by atoms with van der Waals surface area (Å²) in [6.07, 6.45) is 2.42. The van der Waals surface area contributed by atoms with Crippen LogP contribution in [0.25, 0.3) is 0 Å². The van der Waals surface area contributed by atoms with Crippen LogP contribution in [0, 0.1) is 11.1 Å². The average molecular weight is 752 g/mol. The van der Waals surface area contributed by atoms with Crippen molar-refractivity contribution in [2.45, 2.75) is 64.3 Å². The van der Waals surface area contributed by atoms with E-state index in [4.69, 9.17) is 37.4 Å². The number of carbonyl (C=O) groups is 3. The van der Waals surface area contributed by atoms with Crippen molar-refractivity contribution in [1.82, 2.24) is 10.2 Å². The molecule has 2 N–H and O–H groups in total. The maximum absolute atomic E-state index is 13.7. The number of esters is 1. The number of rotatable bonds is 14. The van der Waals surface area contributed by atoms with Crippen LogP contribution in [0.1, 0.15) is 60.7 Å². The van der Waals surface area contributed by atoms with Gasteiger partial charge in [0.15, 0.2) is 23.9 Å². The molecule has 2 fully saturated rings. The largest absolute Gasteiger partial charge is 0.619 e. The highest BCUT2D eigenvalue weighted by atomic mass is 35.5. The fraction of sp³-hybridized carbons (Fsp3) is 0.429. The summed E-state index contributed by atoms with van der Waals surface area (Å²) in [6.45, 7) is 2.10. The van der Waals surface area contributed by atoms with Crippen molar-refractivity contribution < 1.29 is 46.8 Å². The first-order valence-electron chi connectivity index (χ1n) is 16.3. The minimum absolute atomic E-state index is 0.00932. The normalized spacial score (nSPS) is 17.8. The monoisotopic (exact) mass is 750 g/mol. The third kappa shape index (κ3) is 10.1. The molecule has 1 saturated carbocycles. The van der Waals surface area contributed by atoms with E-state index < -0.39 is 31.0 Å². The summed E-state index contributed by atoms with van der Waals surface area (Å²) >= 11 is 12.7. The van der Waals surface area contributed by atoms with E-state index in [9.17, 15) is 28.4 Å². The number of alkyl halides is 2. The first-order chi connectivity index (χ1) is 24.3. The Morgan fingerprint density at radius 3 is 2.43 bits per heavy atom. The highest BCUT2D eigenvalue weighted by Gasteiger charge is 2.29. The van der Waals surface area contributed by atoms with Crippen LogP contribution in [0.4, 0.5) is 14.5 Å². The molecular weight excluding hydrogens is 713 g/mol. The number of ether oxygens (including phenoxy) is 4. The molecule has 1 aliphatic carbocycles. The lowest BCUT2D eigenvalue weighted by atomic mass is 10.0. The van der Waals surface area contributed by atoms with Gasteiger partial charge in [-0.15, -0.1) is 0 Å². The summed E-state index contributed by atoms with van der Waals surface area (Å²) in [5.41, 5.74) is 0.759. The Morgan fingerprint density at radius 2 is 1.76 bits per heavy atom. The predicted octanol–water partition coefficient (Wildman–Crippen LogP) is 5.70. The zero-order valence-electron chi connectivity index (χ0n) is 28.1. The molecule has 2 aromatic carbocycles. The van der Waals surface area contributed by atoms with Crippen molar-refractivity contribution in [3.05, 3.63) is 80.7 Å². The van der Waals surface area contributed by atoms with Crippen LogP contribution in [0.5, 0.6) is 17.2 Å². The zero-order valence-corrected chi connectivity index (χ0v) is 29.6. The summed E-state index contributed by atoms with van der Waals surface area (Å²) in [6, 6.07) is 8.40. The van der Waals surface area contributed by atoms with E-state index in [-0.39, 0.29) is 75.1 Å². The maximum Gasteiger partial charge on any atom is 0.387 e. The van der Waals surface area contributed by atoms with Crippen LogP contribution in [-0.2, 0) is 20.7 Å². The van der Waals surface area contributed by atoms with Crippen molar-refractivity contribution in [1.29, 1.82) is 0 Å². The van der Waals surface area contributed by atoms with Gasteiger partial charge in [-0.2, -0.15) is 13.5 Å². The van der Waals surface area contributed by atoms with E-state index >= 15 is 0 Å². The van der Waals surface area contributed by atoms with Crippen LogP contribution in [0.15, 0.2) is 48.8 Å². The first kappa shape index (κ1) is 37.8. The quantitative estimate of drug-likeness (QED) is 0.0918. The lowest BCUT2D eigenvalue weighted by Gasteiger charge is -2.37. The maximum atomic E-state index is 13.7.